The van der Waals surface area contributed by atoms with Crippen LogP contribution in [0.5, 0.6) is 0 Å². The predicted octanol–water partition coefficient (Wildman–Crippen LogP) is 2.41. The van der Waals surface area contributed by atoms with Gasteiger partial charge in [0.1, 0.15) is 11.1 Å². The predicted molar refractivity (Wildman–Crippen MR) is 86.5 cm³/mol. The smallest absolute Gasteiger partial charge is 0.256 e. The number of nitrogens with zero attached hydrogens (tertiary/aromatic N) is 1. The lowest BCUT2D eigenvalue weighted by atomic mass is 9.91. The summed E-state index contributed by atoms with van der Waals surface area (Å²) in [6.45, 7) is 1.57. The van der Waals surface area contributed by atoms with Crippen LogP contribution >= 0.6 is 0 Å². The van der Waals surface area contributed by atoms with Crippen LogP contribution in [0.25, 0.3) is 11.1 Å². The number of anilines is 1. The Labute approximate surface area is 134 Å². The van der Waals surface area contributed by atoms with Gasteiger partial charge in [0.15, 0.2) is 11.5 Å². The zero-order valence-corrected chi connectivity index (χ0v) is 13.2. The van der Waals surface area contributed by atoms with Gasteiger partial charge in [-0.25, -0.2) is 4.98 Å². The third kappa shape index (κ3) is 2.72. The number of hydrogen-bond acceptors (Lipinski definition) is 5. The topological polar surface area (TPSA) is 76.4 Å². The summed E-state index contributed by atoms with van der Waals surface area (Å²) >= 11 is 0. The van der Waals surface area contributed by atoms with Gasteiger partial charge < -0.3 is 19.8 Å². The van der Waals surface area contributed by atoms with Crippen molar-refractivity contribution in [3.05, 3.63) is 24.1 Å². The van der Waals surface area contributed by atoms with Gasteiger partial charge in [-0.15, -0.1) is 0 Å². The second-order valence-electron chi connectivity index (χ2n) is 6.41. The Bertz CT molecular complexity index is 730. The maximum absolute atomic E-state index is 12.7. The molecule has 1 aliphatic heterocycles. The summed E-state index contributed by atoms with van der Waals surface area (Å²) in [5.74, 6) is 1.20. The summed E-state index contributed by atoms with van der Waals surface area (Å²) in [6, 6.07) is 5.60. The van der Waals surface area contributed by atoms with Gasteiger partial charge in [-0.3, -0.25) is 4.79 Å². The summed E-state index contributed by atoms with van der Waals surface area (Å²) in [7, 11) is 1.60. The standard InChI is InChI=1S/C17H21N3O3/c1-22-17(6-8-18-9-7-17)16(21)19-12-4-5-13-14(10-12)23-15(20-13)11-2-3-11/h4-5,10-11,18H,2-3,6-9H2,1H3,(H,19,21). The van der Waals surface area contributed by atoms with E-state index >= 15 is 0 Å². The Morgan fingerprint density at radius 3 is 2.87 bits per heavy atom. The minimum absolute atomic E-state index is 0.0946. The van der Waals surface area contributed by atoms with E-state index in [9.17, 15) is 4.79 Å². The monoisotopic (exact) mass is 315 g/mol. The molecule has 122 valence electrons. The molecule has 2 aliphatic rings. The van der Waals surface area contributed by atoms with Crippen LogP contribution in [0.1, 0.15) is 37.5 Å². The Morgan fingerprint density at radius 1 is 1.39 bits per heavy atom. The third-order valence-electron chi connectivity index (χ3n) is 4.81. The van der Waals surface area contributed by atoms with Crippen molar-refractivity contribution in [1.82, 2.24) is 10.3 Å². The minimum atomic E-state index is -0.749. The van der Waals surface area contributed by atoms with Gasteiger partial charge in [0.25, 0.3) is 5.91 Å². The Hall–Kier alpha value is -1.92. The van der Waals surface area contributed by atoms with Gasteiger partial charge in [-0.05, 0) is 50.9 Å². The van der Waals surface area contributed by atoms with Crippen LogP contribution < -0.4 is 10.6 Å². The molecular formula is C17H21N3O3. The average Bonchev–Trinajstić information content (AvgIpc) is 3.35. The SMILES string of the molecule is COC1(C(=O)Nc2ccc3nc(C4CC4)oc3c2)CCNCC1. The molecule has 0 bridgehead atoms. The van der Waals surface area contributed by atoms with Crippen LogP contribution in [0.2, 0.25) is 0 Å². The van der Waals surface area contributed by atoms with Gasteiger partial charge in [0.2, 0.25) is 0 Å². The molecule has 2 N–H and O–H groups in total. The molecular weight excluding hydrogens is 294 g/mol. The van der Waals surface area contributed by atoms with E-state index in [4.69, 9.17) is 9.15 Å². The quantitative estimate of drug-likeness (QED) is 0.906. The highest BCUT2D eigenvalue weighted by molar-refractivity contribution is 5.98. The van der Waals surface area contributed by atoms with Crippen LogP contribution in [0, 0.1) is 0 Å². The van der Waals surface area contributed by atoms with Crippen LogP contribution in [-0.2, 0) is 9.53 Å². The van der Waals surface area contributed by atoms with E-state index in [2.05, 4.69) is 15.6 Å². The van der Waals surface area contributed by atoms with E-state index < -0.39 is 5.60 Å². The number of carbonyl (C=O) groups is 1. The lowest BCUT2D eigenvalue weighted by molar-refractivity contribution is -0.140. The third-order valence-corrected chi connectivity index (χ3v) is 4.81. The van der Waals surface area contributed by atoms with E-state index in [-0.39, 0.29) is 5.91 Å². The maximum Gasteiger partial charge on any atom is 0.256 e. The molecule has 0 atom stereocenters. The maximum atomic E-state index is 12.7. The van der Waals surface area contributed by atoms with E-state index in [1.54, 1.807) is 7.11 Å². The van der Waals surface area contributed by atoms with Crippen molar-refractivity contribution >= 4 is 22.7 Å². The molecule has 0 spiro atoms. The fourth-order valence-corrected chi connectivity index (χ4v) is 3.12. The van der Waals surface area contributed by atoms with Gasteiger partial charge >= 0.3 is 0 Å². The van der Waals surface area contributed by atoms with Crippen LogP contribution in [0.15, 0.2) is 22.6 Å². The minimum Gasteiger partial charge on any atom is -0.440 e. The average molecular weight is 315 g/mol. The molecule has 4 rings (SSSR count). The Balaban J connectivity index is 1.55. The van der Waals surface area contributed by atoms with Crippen molar-refractivity contribution in [2.24, 2.45) is 0 Å². The first-order valence-electron chi connectivity index (χ1n) is 8.18. The molecule has 2 fully saturated rings. The molecule has 0 radical (unpaired) electrons. The van der Waals surface area contributed by atoms with Crippen molar-refractivity contribution in [3.8, 4) is 0 Å². The summed E-state index contributed by atoms with van der Waals surface area (Å²) in [5.41, 5.74) is 1.53. The molecule has 1 amide bonds. The van der Waals surface area contributed by atoms with Gasteiger partial charge in [-0.2, -0.15) is 0 Å². The van der Waals surface area contributed by atoms with Crippen LogP contribution in [-0.4, -0.2) is 36.7 Å². The number of benzene rings is 1. The first kappa shape index (κ1) is 14.7. The molecule has 1 aromatic carbocycles. The van der Waals surface area contributed by atoms with Crippen molar-refractivity contribution < 1.29 is 13.9 Å². The molecule has 6 nitrogen and oxygen atoms in total. The zero-order valence-electron chi connectivity index (χ0n) is 13.2. The second kappa shape index (κ2) is 5.62. The van der Waals surface area contributed by atoms with Crippen molar-refractivity contribution in [1.29, 1.82) is 0 Å². The van der Waals surface area contributed by atoms with Crippen molar-refractivity contribution in [3.63, 3.8) is 0 Å². The number of aromatic nitrogens is 1. The molecule has 0 unspecified atom stereocenters. The number of methoxy groups -OCH3 is 1. The number of hydrogen-bond donors (Lipinski definition) is 2. The Morgan fingerprint density at radius 2 is 2.17 bits per heavy atom. The highest BCUT2D eigenvalue weighted by Crippen LogP contribution is 2.40. The number of oxazole rings is 1. The number of nitrogens with one attached hydrogen (secondary N) is 2. The largest absolute Gasteiger partial charge is 0.440 e. The molecule has 1 aliphatic carbocycles. The molecule has 6 heteroatoms. The summed E-state index contributed by atoms with van der Waals surface area (Å²) < 4.78 is 11.4. The first-order chi connectivity index (χ1) is 11.2. The van der Waals surface area contributed by atoms with E-state index in [0.29, 0.717) is 18.8 Å². The van der Waals surface area contributed by atoms with E-state index in [1.165, 1.54) is 0 Å². The zero-order chi connectivity index (χ0) is 15.9. The van der Waals surface area contributed by atoms with Gasteiger partial charge in [0.05, 0.1) is 0 Å². The number of rotatable bonds is 4. The van der Waals surface area contributed by atoms with Gasteiger partial charge in [0, 0.05) is 24.8 Å². The first-order valence-corrected chi connectivity index (χ1v) is 8.18. The second-order valence-corrected chi connectivity index (χ2v) is 6.41. The molecule has 1 aromatic heterocycles. The highest BCUT2D eigenvalue weighted by atomic mass is 16.5. The normalized spacial score (nSPS) is 20.6. The summed E-state index contributed by atoms with van der Waals surface area (Å²) in [4.78, 5) is 17.2. The van der Waals surface area contributed by atoms with Gasteiger partial charge in [-0.1, -0.05) is 0 Å². The molecule has 1 saturated heterocycles. The summed E-state index contributed by atoms with van der Waals surface area (Å²) in [5, 5.41) is 6.22. The lowest BCUT2D eigenvalue weighted by Crippen LogP contribution is -2.51. The number of carbonyl (C=O) groups excluding carboxylic acids is 1. The van der Waals surface area contributed by atoms with E-state index in [1.807, 2.05) is 18.2 Å². The van der Waals surface area contributed by atoms with Crippen molar-refractivity contribution in [2.45, 2.75) is 37.2 Å². The lowest BCUT2D eigenvalue weighted by Gasteiger charge is -2.34. The van der Waals surface area contributed by atoms with E-state index in [0.717, 1.165) is 48.6 Å². The summed E-state index contributed by atoms with van der Waals surface area (Å²) in [6.07, 6.45) is 3.65. The van der Waals surface area contributed by atoms with Crippen molar-refractivity contribution in [2.75, 3.05) is 25.5 Å². The molecule has 1 saturated carbocycles. The number of amides is 1. The molecule has 2 aromatic rings. The fourth-order valence-electron chi connectivity index (χ4n) is 3.12. The molecule has 2 heterocycles. The Kier molecular flexibility index (Phi) is 3.58. The highest BCUT2D eigenvalue weighted by Gasteiger charge is 2.39. The number of fused-ring (bicyclic) bond motifs is 1. The van der Waals surface area contributed by atoms with Crippen LogP contribution in [0.3, 0.4) is 0 Å². The number of ether oxygens (including phenoxy) is 1. The number of piperidine rings is 1. The fraction of sp³-hybridized carbons (Fsp3) is 0.529. The van der Waals surface area contributed by atoms with Crippen LogP contribution in [0.4, 0.5) is 5.69 Å². The molecule has 23 heavy (non-hydrogen) atoms.